The summed E-state index contributed by atoms with van der Waals surface area (Å²) in [7, 11) is 0. The molecule has 2 nitrogen and oxygen atoms in total. The summed E-state index contributed by atoms with van der Waals surface area (Å²) >= 11 is 5.80. The number of nitrogens with zero attached hydrogens (tertiary/aromatic N) is 1. The number of rotatable bonds is 0. The van der Waals surface area contributed by atoms with Crippen molar-refractivity contribution in [1.82, 2.24) is 4.98 Å². The van der Waals surface area contributed by atoms with Crippen molar-refractivity contribution in [2.24, 2.45) is 4.99 Å². The largest absolute Gasteiger partial charge is 0.359 e. The van der Waals surface area contributed by atoms with Crippen LogP contribution in [-0.4, -0.2) is 16.1 Å². The second-order valence-electron chi connectivity index (χ2n) is 2.45. The SMILES string of the molecule is BrC1Cc2c(I)c[nH]c2C=N1. The minimum absolute atomic E-state index is 0.263. The van der Waals surface area contributed by atoms with Gasteiger partial charge in [0, 0.05) is 22.4 Å². The molecule has 0 fully saturated rings. The van der Waals surface area contributed by atoms with Crippen LogP contribution in [0, 0.1) is 3.57 Å². The highest BCUT2D eigenvalue weighted by Gasteiger charge is 2.15. The lowest BCUT2D eigenvalue weighted by Gasteiger charge is -2.09. The van der Waals surface area contributed by atoms with Crippen LogP contribution >= 0.6 is 38.5 Å². The number of H-pyrrole nitrogens is 1. The average Bonchev–Trinajstić information content (AvgIpc) is 2.33. The van der Waals surface area contributed by atoms with Crippen molar-refractivity contribution in [2.75, 3.05) is 0 Å². The zero-order valence-electron chi connectivity index (χ0n) is 5.64. The molecule has 1 aliphatic rings. The normalized spacial score (nSPS) is 21.8. The minimum atomic E-state index is 0.263. The number of aromatic amines is 1. The molecule has 11 heavy (non-hydrogen) atoms. The molecule has 1 aromatic heterocycles. The molecular formula is C7H6BrIN2. The van der Waals surface area contributed by atoms with E-state index in [1.54, 1.807) is 0 Å². The molecule has 58 valence electrons. The molecule has 2 rings (SSSR count). The summed E-state index contributed by atoms with van der Waals surface area (Å²) < 4.78 is 1.30. The van der Waals surface area contributed by atoms with Crippen LogP contribution < -0.4 is 0 Å². The maximum Gasteiger partial charge on any atom is 0.109 e. The van der Waals surface area contributed by atoms with Gasteiger partial charge in [-0.05, 0) is 28.2 Å². The second-order valence-corrected chi connectivity index (χ2v) is 4.66. The molecule has 0 aliphatic carbocycles. The number of hydrogen-bond donors (Lipinski definition) is 1. The fraction of sp³-hybridized carbons (Fsp3) is 0.286. The van der Waals surface area contributed by atoms with E-state index in [4.69, 9.17) is 0 Å². The Morgan fingerprint density at radius 1 is 1.73 bits per heavy atom. The lowest BCUT2D eigenvalue weighted by molar-refractivity contribution is 0.900. The highest BCUT2D eigenvalue weighted by molar-refractivity contribution is 14.1. The molecule has 0 spiro atoms. The Morgan fingerprint density at radius 2 is 2.55 bits per heavy atom. The van der Waals surface area contributed by atoms with Crippen molar-refractivity contribution in [3.05, 3.63) is 21.0 Å². The molecule has 1 N–H and O–H groups in total. The van der Waals surface area contributed by atoms with Crippen LogP contribution in [0.3, 0.4) is 0 Å². The summed E-state index contributed by atoms with van der Waals surface area (Å²) in [5.41, 5.74) is 2.53. The molecule has 1 unspecified atom stereocenters. The molecule has 1 aromatic rings. The number of hydrogen-bond acceptors (Lipinski definition) is 1. The van der Waals surface area contributed by atoms with Gasteiger partial charge in [0.25, 0.3) is 0 Å². The highest BCUT2D eigenvalue weighted by Crippen LogP contribution is 2.23. The van der Waals surface area contributed by atoms with Crippen LogP contribution in [0.5, 0.6) is 0 Å². The number of aliphatic imine (C=N–C) groups is 1. The molecule has 4 heteroatoms. The molecule has 0 saturated heterocycles. The number of nitrogens with one attached hydrogen (secondary N) is 1. The quantitative estimate of drug-likeness (QED) is 0.431. The number of halogens is 2. The lowest BCUT2D eigenvalue weighted by atomic mass is 10.1. The van der Waals surface area contributed by atoms with Gasteiger partial charge in [0.1, 0.15) is 4.95 Å². The molecule has 0 amide bonds. The first-order chi connectivity index (χ1) is 5.27. The van der Waals surface area contributed by atoms with Crippen molar-refractivity contribution in [3.63, 3.8) is 0 Å². The van der Waals surface area contributed by atoms with E-state index < -0.39 is 0 Å². The van der Waals surface area contributed by atoms with Gasteiger partial charge in [0.2, 0.25) is 0 Å². The first-order valence-corrected chi connectivity index (χ1v) is 5.30. The topological polar surface area (TPSA) is 28.1 Å². The summed E-state index contributed by atoms with van der Waals surface area (Å²) in [6, 6.07) is 0. The van der Waals surface area contributed by atoms with E-state index in [1.807, 2.05) is 12.4 Å². The van der Waals surface area contributed by atoms with Crippen LogP contribution in [0.4, 0.5) is 0 Å². The molecular weight excluding hydrogens is 319 g/mol. The smallest absolute Gasteiger partial charge is 0.109 e. The van der Waals surface area contributed by atoms with Crippen molar-refractivity contribution in [1.29, 1.82) is 0 Å². The Bertz CT molecular complexity index is 305. The zero-order chi connectivity index (χ0) is 7.84. The van der Waals surface area contributed by atoms with Crippen LogP contribution in [0.15, 0.2) is 11.2 Å². The third-order valence-corrected chi connectivity index (χ3v) is 3.23. The minimum Gasteiger partial charge on any atom is -0.359 e. The van der Waals surface area contributed by atoms with Crippen molar-refractivity contribution in [3.8, 4) is 0 Å². The summed E-state index contributed by atoms with van der Waals surface area (Å²) in [4.78, 5) is 7.67. The van der Waals surface area contributed by atoms with E-state index in [2.05, 4.69) is 48.5 Å². The highest BCUT2D eigenvalue weighted by atomic mass is 127. The van der Waals surface area contributed by atoms with E-state index in [1.165, 1.54) is 9.13 Å². The first-order valence-electron chi connectivity index (χ1n) is 3.30. The molecule has 2 heterocycles. The van der Waals surface area contributed by atoms with Crippen LogP contribution in [0.1, 0.15) is 11.3 Å². The van der Waals surface area contributed by atoms with E-state index in [0.717, 1.165) is 12.1 Å². The van der Waals surface area contributed by atoms with Crippen molar-refractivity contribution < 1.29 is 0 Å². The monoisotopic (exact) mass is 324 g/mol. The van der Waals surface area contributed by atoms with E-state index in [-0.39, 0.29) is 4.95 Å². The standard InChI is InChI=1S/C7H6BrIN2/c8-7-1-4-5(9)2-10-6(4)3-11-7/h2-3,7,10H,1H2. The van der Waals surface area contributed by atoms with Crippen molar-refractivity contribution >= 4 is 44.7 Å². The van der Waals surface area contributed by atoms with Gasteiger partial charge in [0.15, 0.2) is 0 Å². The second kappa shape index (κ2) is 2.90. The average molecular weight is 325 g/mol. The Labute approximate surface area is 86.8 Å². The van der Waals surface area contributed by atoms with Crippen LogP contribution in [-0.2, 0) is 6.42 Å². The Balaban J connectivity index is 2.48. The van der Waals surface area contributed by atoms with Crippen molar-refractivity contribution in [2.45, 2.75) is 11.4 Å². The molecule has 0 aromatic carbocycles. The Morgan fingerprint density at radius 3 is 3.36 bits per heavy atom. The van der Waals surface area contributed by atoms with Crippen LogP contribution in [0.2, 0.25) is 0 Å². The van der Waals surface area contributed by atoms with Crippen LogP contribution in [0.25, 0.3) is 0 Å². The fourth-order valence-electron chi connectivity index (χ4n) is 1.14. The maximum absolute atomic E-state index is 4.24. The summed E-state index contributed by atoms with van der Waals surface area (Å²) in [5, 5.41) is 0. The number of alkyl halides is 1. The predicted octanol–water partition coefficient (Wildman–Crippen LogP) is 2.32. The zero-order valence-corrected chi connectivity index (χ0v) is 9.39. The molecule has 1 atom stereocenters. The van der Waals surface area contributed by atoms with Gasteiger partial charge in [-0.1, -0.05) is 15.9 Å². The Kier molecular flexibility index (Phi) is 2.05. The first kappa shape index (κ1) is 7.79. The molecule has 0 saturated carbocycles. The summed E-state index contributed by atoms with van der Waals surface area (Å²) in [5.74, 6) is 0. The summed E-state index contributed by atoms with van der Waals surface area (Å²) in [6.45, 7) is 0. The Hall–Kier alpha value is 0.160. The molecule has 0 bridgehead atoms. The maximum atomic E-state index is 4.24. The summed E-state index contributed by atoms with van der Waals surface area (Å²) in [6.07, 6.45) is 4.90. The van der Waals surface area contributed by atoms with Gasteiger partial charge in [-0.25, -0.2) is 0 Å². The predicted molar refractivity (Wildman–Crippen MR) is 57.5 cm³/mol. The van der Waals surface area contributed by atoms with Gasteiger partial charge in [-0.15, -0.1) is 0 Å². The van der Waals surface area contributed by atoms with Gasteiger partial charge < -0.3 is 4.98 Å². The fourth-order valence-corrected chi connectivity index (χ4v) is 2.25. The molecule has 1 aliphatic heterocycles. The third kappa shape index (κ3) is 1.38. The van der Waals surface area contributed by atoms with E-state index >= 15 is 0 Å². The lowest BCUT2D eigenvalue weighted by Crippen LogP contribution is -2.08. The van der Waals surface area contributed by atoms with Gasteiger partial charge in [-0.3, -0.25) is 4.99 Å². The van der Waals surface area contributed by atoms with Gasteiger partial charge >= 0.3 is 0 Å². The number of aromatic nitrogens is 1. The van der Waals surface area contributed by atoms with Gasteiger partial charge in [0.05, 0.1) is 5.69 Å². The van der Waals surface area contributed by atoms with E-state index in [9.17, 15) is 0 Å². The van der Waals surface area contributed by atoms with Gasteiger partial charge in [-0.2, -0.15) is 0 Å². The molecule has 0 radical (unpaired) electrons. The van der Waals surface area contributed by atoms with E-state index in [0.29, 0.717) is 0 Å². The third-order valence-electron chi connectivity index (χ3n) is 1.71. The number of fused-ring (bicyclic) bond motifs is 1.